The molecule has 0 spiro atoms. The number of likely N-dealkylation sites (tertiary alicyclic amines) is 1. The predicted octanol–water partition coefficient (Wildman–Crippen LogP) is 3.02. The zero-order valence-electron chi connectivity index (χ0n) is 13.7. The summed E-state index contributed by atoms with van der Waals surface area (Å²) in [6.07, 6.45) is 2.73. The number of hydrogen-bond acceptors (Lipinski definition) is 3. The topological polar surface area (TPSA) is 48.6 Å². The number of nitrogens with zero attached hydrogens (tertiary/aromatic N) is 2. The lowest BCUT2D eigenvalue weighted by Gasteiger charge is -2.30. The van der Waals surface area contributed by atoms with Gasteiger partial charge in [-0.2, -0.15) is 0 Å². The summed E-state index contributed by atoms with van der Waals surface area (Å²) in [5.41, 5.74) is 0.770. The normalized spacial score (nSPS) is 20.9. The van der Waals surface area contributed by atoms with Crippen LogP contribution in [0.1, 0.15) is 45.9 Å². The number of carbonyl (C=O) groups is 1. The molecule has 5 heteroatoms. The smallest absolute Gasteiger partial charge is 0.410 e. The molecule has 2 rings (SSSR count). The van der Waals surface area contributed by atoms with Crippen molar-refractivity contribution < 1.29 is 9.53 Å². The van der Waals surface area contributed by atoms with Gasteiger partial charge in [0.1, 0.15) is 5.60 Å². The second kappa shape index (κ2) is 6.10. The van der Waals surface area contributed by atoms with Crippen LogP contribution in [0.5, 0.6) is 0 Å². The Labute approximate surface area is 127 Å². The number of rotatable bonds is 3. The van der Waals surface area contributed by atoms with Crippen molar-refractivity contribution in [3.63, 3.8) is 0 Å². The first-order valence-electron chi connectivity index (χ1n) is 7.61. The lowest BCUT2D eigenvalue weighted by atomic mass is 10.1. The summed E-state index contributed by atoms with van der Waals surface area (Å²) in [6, 6.07) is 4.79. The summed E-state index contributed by atoms with van der Waals surface area (Å²) < 4.78 is 5.44. The van der Waals surface area contributed by atoms with E-state index in [0.717, 1.165) is 19.5 Å². The van der Waals surface area contributed by atoms with E-state index < -0.39 is 5.60 Å². The molecule has 0 aromatic carbocycles. The highest BCUT2D eigenvalue weighted by molar-refractivity contribution is 5.68. The van der Waals surface area contributed by atoms with E-state index in [0.29, 0.717) is 12.1 Å². The molecule has 0 saturated carbocycles. The Morgan fingerprint density at radius 3 is 2.81 bits per heavy atom. The van der Waals surface area contributed by atoms with Gasteiger partial charge in [0.15, 0.2) is 0 Å². The van der Waals surface area contributed by atoms with Crippen molar-refractivity contribution in [2.45, 2.75) is 51.8 Å². The van der Waals surface area contributed by atoms with E-state index in [2.05, 4.69) is 29.9 Å². The molecule has 0 aliphatic carbocycles. The molecule has 1 aromatic heterocycles. The number of hydrogen-bond donors (Lipinski definition) is 1. The molecule has 1 aliphatic heterocycles. The van der Waals surface area contributed by atoms with Gasteiger partial charge < -0.3 is 14.6 Å². The average molecular weight is 293 g/mol. The van der Waals surface area contributed by atoms with Gasteiger partial charge in [0.25, 0.3) is 0 Å². The Morgan fingerprint density at radius 1 is 1.52 bits per heavy atom. The van der Waals surface area contributed by atoms with E-state index >= 15 is 0 Å². The molecule has 2 atom stereocenters. The van der Waals surface area contributed by atoms with E-state index in [4.69, 9.17) is 4.74 Å². The van der Waals surface area contributed by atoms with E-state index in [1.54, 1.807) is 0 Å². The van der Waals surface area contributed by atoms with Crippen LogP contribution < -0.4 is 0 Å². The summed E-state index contributed by atoms with van der Waals surface area (Å²) in [6.45, 7) is 9.38. The number of carbonyl (C=O) groups excluding carboxylic acids is 1. The highest BCUT2D eigenvalue weighted by atomic mass is 16.6. The molecule has 118 valence electrons. The predicted molar refractivity (Wildman–Crippen MR) is 83.2 cm³/mol. The molecule has 1 amide bonds. The van der Waals surface area contributed by atoms with Gasteiger partial charge in [-0.25, -0.2) is 4.79 Å². The summed E-state index contributed by atoms with van der Waals surface area (Å²) in [7, 11) is 2.12. The van der Waals surface area contributed by atoms with Crippen LogP contribution in [-0.4, -0.2) is 52.7 Å². The summed E-state index contributed by atoms with van der Waals surface area (Å²) in [5.74, 6) is 0. The largest absolute Gasteiger partial charge is 0.444 e. The minimum atomic E-state index is -0.432. The molecule has 0 bridgehead atoms. The molecule has 0 radical (unpaired) electrons. The minimum Gasteiger partial charge on any atom is -0.444 e. The molecule has 2 heterocycles. The van der Waals surface area contributed by atoms with Gasteiger partial charge >= 0.3 is 6.09 Å². The van der Waals surface area contributed by atoms with Crippen molar-refractivity contribution in [3.8, 4) is 0 Å². The van der Waals surface area contributed by atoms with Gasteiger partial charge in [0, 0.05) is 37.1 Å². The molecule has 21 heavy (non-hydrogen) atoms. The Balaban J connectivity index is 1.91. The van der Waals surface area contributed by atoms with Gasteiger partial charge in [0.05, 0.1) is 0 Å². The van der Waals surface area contributed by atoms with Crippen molar-refractivity contribution >= 4 is 6.09 Å². The maximum atomic E-state index is 12.1. The molecular formula is C16H27N3O2. The highest BCUT2D eigenvalue weighted by Crippen LogP contribution is 2.25. The van der Waals surface area contributed by atoms with Crippen LogP contribution >= 0.6 is 0 Å². The third kappa shape index (κ3) is 4.00. The Kier molecular flexibility index (Phi) is 4.61. The van der Waals surface area contributed by atoms with Crippen molar-refractivity contribution in [2.24, 2.45) is 0 Å². The molecule has 1 N–H and O–H groups in total. The Bertz CT molecular complexity index is 464. The third-order valence-electron chi connectivity index (χ3n) is 4.07. The van der Waals surface area contributed by atoms with Crippen molar-refractivity contribution in [3.05, 3.63) is 24.0 Å². The highest BCUT2D eigenvalue weighted by Gasteiger charge is 2.33. The SMILES string of the molecule is C[C@@H](c1ccc[nH]1)N(C)[C@@H]1CCN(C(=O)OC(C)(C)C)C1. The number of amides is 1. The third-order valence-corrected chi connectivity index (χ3v) is 4.07. The first kappa shape index (κ1) is 15.9. The minimum absolute atomic E-state index is 0.203. The molecule has 1 aromatic rings. The molecule has 1 fully saturated rings. The van der Waals surface area contributed by atoms with Crippen LogP contribution in [0.25, 0.3) is 0 Å². The van der Waals surface area contributed by atoms with Crippen LogP contribution in [0, 0.1) is 0 Å². The average Bonchev–Trinajstić information content (AvgIpc) is 3.06. The van der Waals surface area contributed by atoms with Gasteiger partial charge in [-0.05, 0) is 53.3 Å². The van der Waals surface area contributed by atoms with Crippen molar-refractivity contribution in [1.82, 2.24) is 14.8 Å². The fourth-order valence-corrected chi connectivity index (χ4v) is 2.71. The van der Waals surface area contributed by atoms with Crippen LogP contribution in [0.2, 0.25) is 0 Å². The van der Waals surface area contributed by atoms with E-state index in [-0.39, 0.29) is 6.09 Å². The fraction of sp³-hybridized carbons (Fsp3) is 0.688. The zero-order valence-corrected chi connectivity index (χ0v) is 13.7. The summed E-state index contributed by atoms with van der Waals surface area (Å²) in [5, 5.41) is 0. The number of likely N-dealkylation sites (N-methyl/N-ethyl adjacent to an activating group) is 1. The molecule has 0 unspecified atom stereocenters. The fourth-order valence-electron chi connectivity index (χ4n) is 2.71. The maximum Gasteiger partial charge on any atom is 0.410 e. The second-order valence-electron chi connectivity index (χ2n) is 6.84. The van der Waals surface area contributed by atoms with E-state index in [1.165, 1.54) is 5.69 Å². The van der Waals surface area contributed by atoms with Crippen molar-refractivity contribution in [1.29, 1.82) is 0 Å². The summed E-state index contributed by atoms with van der Waals surface area (Å²) in [4.78, 5) is 19.5. The molecule has 1 saturated heterocycles. The molecule has 1 aliphatic rings. The van der Waals surface area contributed by atoms with E-state index in [1.807, 2.05) is 37.9 Å². The van der Waals surface area contributed by atoms with Crippen LogP contribution in [0.4, 0.5) is 4.79 Å². The number of nitrogens with one attached hydrogen (secondary N) is 1. The number of H-pyrrole nitrogens is 1. The van der Waals surface area contributed by atoms with Crippen LogP contribution in [0.3, 0.4) is 0 Å². The van der Waals surface area contributed by atoms with Crippen molar-refractivity contribution in [2.75, 3.05) is 20.1 Å². The quantitative estimate of drug-likeness (QED) is 0.932. The summed E-state index contributed by atoms with van der Waals surface area (Å²) >= 11 is 0. The van der Waals surface area contributed by atoms with Gasteiger partial charge in [-0.1, -0.05) is 0 Å². The first-order chi connectivity index (χ1) is 9.78. The zero-order chi connectivity index (χ0) is 15.6. The lowest BCUT2D eigenvalue weighted by Crippen LogP contribution is -2.39. The van der Waals surface area contributed by atoms with Crippen LogP contribution in [0.15, 0.2) is 18.3 Å². The van der Waals surface area contributed by atoms with Crippen LogP contribution in [-0.2, 0) is 4.74 Å². The first-order valence-corrected chi connectivity index (χ1v) is 7.61. The molecule has 5 nitrogen and oxygen atoms in total. The monoisotopic (exact) mass is 293 g/mol. The number of aromatic amines is 1. The van der Waals surface area contributed by atoms with E-state index in [9.17, 15) is 4.79 Å². The molecular weight excluding hydrogens is 266 g/mol. The lowest BCUT2D eigenvalue weighted by molar-refractivity contribution is 0.0278. The van der Waals surface area contributed by atoms with Gasteiger partial charge in [0.2, 0.25) is 0 Å². The van der Waals surface area contributed by atoms with Gasteiger partial charge in [-0.3, -0.25) is 4.90 Å². The standard InChI is InChI=1S/C16H27N3O2/c1-12(14-7-6-9-17-14)18(5)13-8-10-19(11-13)15(20)21-16(2,3)4/h6-7,9,12-13,17H,8,10-11H2,1-5H3/t12-,13+/m0/s1. The maximum absolute atomic E-state index is 12.1. The number of ether oxygens (including phenoxy) is 1. The second-order valence-corrected chi connectivity index (χ2v) is 6.84. The van der Waals surface area contributed by atoms with Gasteiger partial charge in [-0.15, -0.1) is 0 Å². The Hall–Kier alpha value is -1.49. The Morgan fingerprint density at radius 2 is 2.24 bits per heavy atom. The number of aromatic nitrogens is 1.